The zero-order valence-electron chi connectivity index (χ0n) is 14.7. The molecular weight excluding hydrogens is 292 g/mol. The lowest BCUT2D eigenvalue weighted by atomic mass is 9.81. The number of hydrogen-bond acceptors (Lipinski definition) is 1. The minimum atomic E-state index is 0.0189. The molecule has 2 nitrogen and oxygen atoms in total. The van der Waals surface area contributed by atoms with Gasteiger partial charge in [0.05, 0.1) is 11.1 Å². The fourth-order valence-corrected chi connectivity index (χ4v) is 4.07. The van der Waals surface area contributed by atoms with Crippen molar-refractivity contribution < 1.29 is 4.58 Å². The molecule has 0 fully saturated rings. The molecule has 2 heteroatoms. The van der Waals surface area contributed by atoms with Gasteiger partial charge >= 0.3 is 0 Å². The Morgan fingerprint density at radius 2 is 1.75 bits per heavy atom. The molecule has 0 saturated heterocycles. The van der Waals surface area contributed by atoms with Crippen molar-refractivity contribution in [3.63, 3.8) is 0 Å². The highest BCUT2D eigenvalue weighted by atomic mass is 15.0. The van der Waals surface area contributed by atoms with Crippen molar-refractivity contribution in [3.05, 3.63) is 71.8 Å². The fourth-order valence-electron chi connectivity index (χ4n) is 4.07. The van der Waals surface area contributed by atoms with Crippen LogP contribution in [0.3, 0.4) is 0 Å². The molecule has 0 amide bonds. The van der Waals surface area contributed by atoms with Gasteiger partial charge in [-0.25, -0.2) is 0 Å². The highest BCUT2D eigenvalue weighted by molar-refractivity contribution is 6.04. The summed E-state index contributed by atoms with van der Waals surface area (Å²) in [5.74, 6) is 0.279. The van der Waals surface area contributed by atoms with Gasteiger partial charge in [0.25, 0.3) is 0 Å². The maximum Gasteiger partial charge on any atom is 0.209 e. The Hall–Kier alpha value is -2.48. The summed E-state index contributed by atoms with van der Waals surface area (Å²) in [4.78, 5) is 4.72. The fraction of sp³-hybridized carbons (Fsp3) is 0.273. The first-order valence-electron chi connectivity index (χ1n) is 8.53. The molecule has 2 aliphatic rings. The first kappa shape index (κ1) is 15.1. The van der Waals surface area contributed by atoms with E-state index in [4.69, 9.17) is 4.99 Å². The minimum absolute atomic E-state index is 0.0189. The van der Waals surface area contributed by atoms with Crippen molar-refractivity contribution in [3.8, 4) is 0 Å². The van der Waals surface area contributed by atoms with E-state index in [9.17, 15) is 0 Å². The number of hydrogen-bond donors (Lipinski definition) is 0. The summed E-state index contributed by atoms with van der Waals surface area (Å²) in [7, 11) is 2.16. The largest absolute Gasteiger partial charge is 0.257 e. The van der Waals surface area contributed by atoms with Crippen LogP contribution in [0.15, 0.2) is 65.7 Å². The molecule has 2 heterocycles. The Morgan fingerprint density at radius 1 is 1.04 bits per heavy atom. The molecular formula is C22H23N2+. The van der Waals surface area contributed by atoms with E-state index in [0.29, 0.717) is 0 Å². The Labute approximate surface area is 143 Å². The molecule has 0 spiro atoms. The third-order valence-electron chi connectivity index (χ3n) is 5.41. The van der Waals surface area contributed by atoms with Gasteiger partial charge in [-0.2, -0.15) is 4.58 Å². The molecule has 1 atom stereocenters. The summed E-state index contributed by atoms with van der Waals surface area (Å²) >= 11 is 0. The zero-order chi connectivity index (χ0) is 16.9. The van der Waals surface area contributed by atoms with Gasteiger partial charge in [0.15, 0.2) is 5.71 Å². The molecule has 2 aliphatic heterocycles. The second kappa shape index (κ2) is 5.27. The molecule has 0 aromatic heterocycles. The Bertz CT molecular complexity index is 913. The van der Waals surface area contributed by atoms with Crippen molar-refractivity contribution in [2.45, 2.75) is 32.1 Å². The van der Waals surface area contributed by atoms with Crippen LogP contribution in [0.25, 0.3) is 0 Å². The number of fused-ring (bicyclic) bond motifs is 2. The lowest BCUT2D eigenvalue weighted by molar-refractivity contribution is -0.401. The van der Waals surface area contributed by atoms with Gasteiger partial charge in [0.2, 0.25) is 5.69 Å². The lowest BCUT2D eigenvalue weighted by Crippen LogP contribution is -2.26. The van der Waals surface area contributed by atoms with Crippen LogP contribution in [0.1, 0.15) is 37.8 Å². The quantitative estimate of drug-likeness (QED) is 0.682. The number of para-hydroxylation sites is 2. The average molecular weight is 315 g/mol. The standard InChI is InChI=1S/C22H23N2/c1-15-16(17-9-5-7-11-19(17)23-15)13-14-21-22(2,3)18-10-6-8-12-20(18)24(21)4/h5-14,16H,1-4H3/q+1/b14-13+. The second-order valence-corrected chi connectivity index (χ2v) is 7.24. The van der Waals surface area contributed by atoms with E-state index in [1.165, 1.54) is 28.2 Å². The van der Waals surface area contributed by atoms with Crippen LogP contribution < -0.4 is 0 Å². The van der Waals surface area contributed by atoms with Crippen molar-refractivity contribution in [1.82, 2.24) is 0 Å². The van der Waals surface area contributed by atoms with Crippen molar-refractivity contribution >= 4 is 22.8 Å². The maximum absolute atomic E-state index is 4.72. The van der Waals surface area contributed by atoms with Crippen LogP contribution in [-0.2, 0) is 5.41 Å². The van der Waals surface area contributed by atoms with Crippen LogP contribution in [0.4, 0.5) is 11.4 Å². The molecule has 24 heavy (non-hydrogen) atoms. The Kier molecular flexibility index (Phi) is 3.31. The molecule has 1 unspecified atom stereocenters. The van der Waals surface area contributed by atoms with Crippen LogP contribution in [-0.4, -0.2) is 23.0 Å². The van der Waals surface area contributed by atoms with Crippen molar-refractivity contribution in [1.29, 1.82) is 0 Å². The number of benzene rings is 2. The third kappa shape index (κ3) is 2.10. The average Bonchev–Trinajstić information content (AvgIpc) is 2.99. The monoisotopic (exact) mass is 315 g/mol. The first-order valence-corrected chi connectivity index (χ1v) is 8.53. The van der Waals surface area contributed by atoms with Crippen LogP contribution in [0.2, 0.25) is 0 Å². The highest BCUT2D eigenvalue weighted by Gasteiger charge is 2.42. The predicted octanol–water partition coefficient (Wildman–Crippen LogP) is 5.14. The van der Waals surface area contributed by atoms with Gasteiger partial charge < -0.3 is 0 Å². The number of rotatable bonds is 2. The smallest absolute Gasteiger partial charge is 0.209 e. The van der Waals surface area contributed by atoms with E-state index in [0.717, 1.165) is 5.69 Å². The molecule has 0 N–H and O–H groups in total. The molecule has 4 rings (SSSR count). The van der Waals surface area contributed by atoms with E-state index in [2.05, 4.69) is 93.1 Å². The van der Waals surface area contributed by atoms with Crippen LogP contribution in [0, 0.1) is 0 Å². The summed E-state index contributed by atoms with van der Waals surface area (Å²) in [5, 5.41) is 0. The van der Waals surface area contributed by atoms with Gasteiger partial charge in [-0.05, 0) is 32.4 Å². The van der Waals surface area contributed by atoms with Gasteiger partial charge in [-0.1, -0.05) is 42.5 Å². The number of nitrogens with zero attached hydrogens (tertiary/aromatic N) is 2. The van der Waals surface area contributed by atoms with E-state index in [-0.39, 0.29) is 11.3 Å². The Morgan fingerprint density at radius 3 is 2.54 bits per heavy atom. The van der Waals surface area contributed by atoms with Crippen molar-refractivity contribution in [2.75, 3.05) is 7.05 Å². The van der Waals surface area contributed by atoms with Gasteiger partial charge in [-0.15, -0.1) is 0 Å². The van der Waals surface area contributed by atoms with Gasteiger partial charge in [0, 0.05) is 29.3 Å². The number of aliphatic imine (C=N–C) groups is 1. The Balaban J connectivity index is 1.73. The normalized spacial score (nSPS) is 21.2. The SMILES string of the molecule is CC1=Nc2ccccc2C1/C=C/C1=[N+](C)c2ccccc2C1(C)C. The lowest BCUT2D eigenvalue weighted by Gasteiger charge is -2.15. The second-order valence-electron chi connectivity index (χ2n) is 7.24. The number of allylic oxidation sites excluding steroid dienone is 2. The van der Waals surface area contributed by atoms with E-state index in [1.54, 1.807) is 0 Å². The van der Waals surface area contributed by atoms with Crippen molar-refractivity contribution in [2.24, 2.45) is 4.99 Å². The molecule has 0 saturated carbocycles. The molecule has 2 aromatic rings. The topological polar surface area (TPSA) is 15.4 Å². The zero-order valence-corrected chi connectivity index (χ0v) is 14.7. The molecule has 0 aliphatic carbocycles. The van der Waals surface area contributed by atoms with E-state index in [1.807, 2.05) is 0 Å². The van der Waals surface area contributed by atoms with Crippen LogP contribution in [0.5, 0.6) is 0 Å². The summed E-state index contributed by atoms with van der Waals surface area (Å²) in [6.45, 7) is 6.73. The summed E-state index contributed by atoms with van der Waals surface area (Å²) in [6.07, 6.45) is 4.61. The summed E-state index contributed by atoms with van der Waals surface area (Å²) in [5.41, 5.74) is 7.64. The highest BCUT2D eigenvalue weighted by Crippen LogP contribution is 2.40. The molecule has 0 radical (unpaired) electrons. The van der Waals surface area contributed by atoms with Gasteiger partial charge in [0.1, 0.15) is 7.05 Å². The maximum atomic E-state index is 4.72. The predicted molar refractivity (Wildman–Crippen MR) is 101 cm³/mol. The molecule has 2 aromatic carbocycles. The van der Waals surface area contributed by atoms with E-state index >= 15 is 0 Å². The van der Waals surface area contributed by atoms with E-state index < -0.39 is 0 Å². The van der Waals surface area contributed by atoms with Crippen LogP contribution >= 0.6 is 0 Å². The van der Waals surface area contributed by atoms with Gasteiger partial charge in [-0.3, -0.25) is 4.99 Å². The third-order valence-corrected chi connectivity index (χ3v) is 5.41. The molecule has 120 valence electrons. The summed E-state index contributed by atoms with van der Waals surface area (Å²) < 4.78 is 2.32. The minimum Gasteiger partial charge on any atom is -0.257 e. The summed E-state index contributed by atoms with van der Waals surface area (Å²) in [6, 6.07) is 17.1. The molecule has 0 bridgehead atoms. The first-order chi connectivity index (χ1) is 11.5.